The summed E-state index contributed by atoms with van der Waals surface area (Å²) in [5.74, 6) is -0.100. The first kappa shape index (κ1) is 17.9. The maximum atomic E-state index is 11.9. The van der Waals surface area contributed by atoms with E-state index in [1.807, 2.05) is 18.2 Å². The van der Waals surface area contributed by atoms with Gasteiger partial charge in [-0.2, -0.15) is 0 Å². The summed E-state index contributed by atoms with van der Waals surface area (Å²) in [5, 5.41) is 10.4. The van der Waals surface area contributed by atoms with E-state index in [1.54, 1.807) is 24.6 Å². The van der Waals surface area contributed by atoms with Crippen molar-refractivity contribution < 1.29 is 14.3 Å². The highest BCUT2D eigenvalue weighted by Crippen LogP contribution is 2.16. The lowest BCUT2D eigenvalue weighted by Gasteiger charge is -2.04. The van der Waals surface area contributed by atoms with Crippen LogP contribution in [0.2, 0.25) is 0 Å². The normalized spacial score (nSPS) is 10.2. The van der Waals surface area contributed by atoms with E-state index in [4.69, 9.17) is 4.74 Å². The molecule has 8 heteroatoms. The maximum Gasteiger partial charge on any atom is 0.325 e. The number of para-hydroxylation sites is 1. The van der Waals surface area contributed by atoms with Crippen LogP contribution in [0.1, 0.15) is 12.1 Å². The van der Waals surface area contributed by atoms with Gasteiger partial charge >= 0.3 is 6.03 Å². The molecule has 128 valence electrons. The third-order valence-electron chi connectivity index (χ3n) is 2.99. The predicted molar refractivity (Wildman–Crippen MR) is 94.4 cm³/mol. The summed E-state index contributed by atoms with van der Waals surface area (Å²) in [5.41, 5.74) is 1.32. The average molecular weight is 348 g/mol. The molecule has 1 aromatic heterocycles. The molecule has 2 aromatic rings. The van der Waals surface area contributed by atoms with Crippen molar-refractivity contribution in [1.82, 2.24) is 10.3 Å². The van der Waals surface area contributed by atoms with Crippen molar-refractivity contribution in [3.05, 3.63) is 41.4 Å². The third kappa shape index (κ3) is 6.35. The first-order valence-corrected chi connectivity index (χ1v) is 8.38. The number of benzene rings is 1. The monoisotopic (exact) mass is 348 g/mol. The molecular formula is C16H20N4O3S. The molecule has 0 saturated carbocycles. The fourth-order valence-corrected chi connectivity index (χ4v) is 2.60. The highest BCUT2D eigenvalue weighted by atomic mass is 32.1. The Labute approximate surface area is 144 Å². The van der Waals surface area contributed by atoms with Gasteiger partial charge in [-0.25, -0.2) is 9.78 Å². The molecule has 0 fully saturated rings. The number of anilines is 2. The zero-order valence-corrected chi connectivity index (χ0v) is 14.2. The van der Waals surface area contributed by atoms with Crippen LogP contribution in [0.5, 0.6) is 0 Å². The number of hydrogen-bond donors (Lipinski definition) is 3. The number of amides is 3. The third-order valence-corrected chi connectivity index (χ3v) is 3.80. The molecule has 0 bridgehead atoms. The van der Waals surface area contributed by atoms with E-state index >= 15 is 0 Å². The van der Waals surface area contributed by atoms with Crippen molar-refractivity contribution in [2.24, 2.45) is 0 Å². The molecular weight excluding hydrogens is 328 g/mol. The number of ether oxygens (including phenoxy) is 1. The Morgan fingerprint density at radius 1 is 1.21 bits per heavy atom. The van der Waals surface area contributed by atoms with E-state index in [0.29, 0.717) is 29.7 Å². The van der Waals surface area contributed by atoms with E-state index in [2.05, 4.69) is 20.9 Å². The van der Waals surface area contributed by atoms with Crippen LogP contribution in [0.25, 0.3) is 0 Å². The summed E-state index contributed by atoms with van der Waals surface area (Å²) >= 11 is 1.28. The lowest BCUT2D eigenvalue weighted by Crippen LogP contribution is -2.26. The van der Waals surface area contributed by atoms with Crippen molar-refractivity contribution >= 4 is 34.1 Å². The molecule has 7 nitrogen and oxygen atoms in total. The van der Waals surface area contributed by atoms with Gasteiger partial charge in [0, 0.05) is 31.3 Å². The van der Waals surface area contributed by atoms with Crippen LogP contribution in [-0.4, -0.2) is 37.2 Å². The number of methoxy groups -OCH3 is 1. The molecule has 0 unspecified atom stereocenters. The topological polar surface area (TPSA) is 92.4 Å². The predicted octanol–water partition coefficient (Wildman–Crippen LogP) is 2.48. The minimum Gasteiger partial charge on any atom is -0.385 e. The molecule has 0 aliphatic carbocycles. The molecule has 0 saturated heterocycles. The largest absolute Gasteiger partial charge is 0.385 e. The van der Waals surface area contributed by atoms with Crippen LogP contribution >= 0.6 is 11.3 Å². The number of aromatic nitrogens is 1. The highest BCUT2D eigenvalue weighted by Gasteiger charge is 2.09. The summed E-state index contributed by atoms with van der Waals surface area (Å²) in [6, 6.07) is 8.76. The first-order valence-electron chi connectivity index (χ1n) is 7.50. The van der Waals surface area contributed by atoms with E-state index in [-0.39, 0.29) is 18.4 Å². The number of carbonyl (C=O) groups is 2. The number of rotatable bonds is 8. The van der Waals surface area contributed by atoms with Crippen LogP contribution in [-0.2, 0) is 16.0 Å². The van der Waals surface area contributed by atoms with Gasteiger partial charge in [0.2, 0.25) is 5.91 Å². The van der Waals surface area contributed by atoms with E-state index < -0.39 is 0 Å². The Morgan fingerprint density at radius 3 is 2.75 bits per heavy atom. The molecule has 0 spiro atoms. The van der Waals surface area contributed by atoms with Crippen molar-refractivity contribution in [1.29, 1.82) is 0 Å². The van der Waals surface area contributed by atoms with Gasteiger partial charge in [0.25, 0.3) is 0 Å². The van der Waals surface area contributed by atoms with Gasteiger partial charge in [-0.05, 0) is 18.6 Å². The zero-order chi connectivity index (χ0) is 17.2. The minimum atomic E-state index is -0.369. The molecule has 0 aliphatic heterocycles. The van der Waals surface area contributed by atoms with Crippen molar-refractivity contribution in [3.63, 3.8) is 0 Å². The molecule has 2 rings (SSSR count). The molecule has 0 radical (unpaired) electrons. The Morgan fingerprint density at radius 2 is 2.00 bits per heavy atom. The molecule has 1 heterocycles. The highest BCUT2D eigenvalue weighted by molar-refractivity contribution is 7.13. The summed E-state index contributed by atoms with van der Waals surface area (Å²) in [6.45, 7) is 1.18. The van der Waals surface area contributed by atoms with E-state index in [9.17, 15) is 9.59 Å². The quantitative estimate of drug-likeness (QED) is 0.639. The summed E-state index contributed by atoms with van der Waals surface area (Å²) in [6.07, 6.45) is 0.956. The Kier molecular flexibility index (Phi) is 7.19. The van der Waals surface area contributed by atoms with Crippen molar-refractivity contribution in [2.45, 2.75) is 12.8 Å². The summed E-state index contributed by atoms with van der Waals surface area (Å²) in [7, 11) is 1.62. The number of nitrogens with zero attached hydrogens (tertiary/aromatic N) is 1. The second-order valence-corrected chi connectivity index (χ2v) is 5.82. The number of thiazole rings is 1. The van der Waals surface area contributed by atoms with Crippen LogP contribution in [0.4, 0.5) is 15.6 Å². The molecule has 24 heavy (non-hydrogen) atoms. The van der Waals surface area contributed by atoms with Gasteiger partial charge in [0.15, 0.2) is 5.13 Å². The molecule has 3 N–H and O–H groups in total. The SMILES string of the molecule is COCCCNC(=O)Cc1csc(NC(=O)Nc2ccccc2)n1. The molecule has 3 amide bonds. The van der Waals surface area contributed by atoms with Gasteiger partial charge in [0.1, 0.15) is 0 Å². The van der Waals surface area contributed by atoms with Gasteiger partial charge in [-0.1, -0.05) is 18.2 Å². The molecule has 1 aromatic carbocycles. The number of urea groups is 1. The van der Waals surface area contributed by atoms with Gasteiger partial charge in [-0.3, -0.25) is 10.1 Å². The van der Waals surface area contributed by atoms with E-state index in [0.717, 1.165) is 6.42 Å². The zero-order valence-electron chi connectivity index (χ0n) is 13.4. The van der Waals surface area contributed by atoms with Crippen LogP contribution < -0.4 is 16.0 Å². The fourth-order valence-electron chi connectivity index (χ4n) is 1.90. The fraction of sp³-hybridized carbons (Fsp3) is 0.312. The first-order chi connectivity index (χ1) is 11.7. The summed E-state index contributed by atoms with van der Waals surface area (Å²) in [4.78, 5) is 27.9. The smallest absolute Gasteiger partial charge is 0.325 e. The maximum absolute atomic E-state index is 11.9. The number of carbonyl (C=O) groups excluding carboxylic acids is 2. The minimum absolute atomic E-state index is 0.100. The second-order valence-electron chi connectivity index (χ2n) is 4.96. The van der Waals surface area contributed by atoms with E-state index in [1.165, 1.54) is 11.3 Å². The van der Waals surface area contributed by atoms with Gasteiger partial charge < -0.3 is 15.4 Å². The molecule has 0 atom stereocenters. The Hall–Kier alpha value is -2.45. The standard InChI is InChI=1S/C16H20N4O3S/c1-23-9-5-8-17-14(21)10-13-11-24-16(19-13)20-15(22)18-12-6-3-2-4-7-12/h2-4,6-7,11H,5,8-10H2,1H3,(H,17,21)(H2,18,19,20,22). The number of hydrogen-bond acceptors (Lipinski definition) is 5. The van der Waals surface area contributed by atoms with Crippen molar-refractivity contribution in [2.75, 3.05) is 30.9 Å². The lowest BCUT2D eigenvalue weighted by molar-refractivity contribution is -0.120. The summed E-state index contributed by atoms with van der Waals surface area (Å²) < 4.78 is 4.92. The van der Waals surface area contributed by atoms with Gasteiger partial charge in [-0.15, -0.1) is 11.3 Å². The Bertz CT molecular complexity index is 660. The van der Waals surface area contributed by atoms with Crippen LogP contribution in [0.15, 0.2) is 35.7 Å². The number of nitrogens with one attached hydrogen (secondary N) is 3. The van der Waals surface area contributed by atoms with Crippen molar-refractivity contribution in [3.8, 4) is 0 Å². The van der Waals surface area contributed by atoms with Crippen LogP contribution in [0.3, 0.4) is 0 Å². The average Bonchev–Trinajstić information content (AvgIpc) is 2.99. The Balaban J connectivity index is 1.76. The second kappa shape index (κ2) is 9.64. The lowest BCUT2D eigenvalue weighted by atomic mass is 10.3. The van der Waals surface area contributed by atoms with Crippen LogP contribution in [0, 0.1) is 0 Å². The van der Waals surface area contributed by atoms with Gasteiger partial charge in [0.05, 0.1) is 12.1 Å². The molecule has 0 aliphatic rings.